The molecule has 0 aliphatic rings. The lowest BCUT2D eigenvalue weighted by atomic mass is 10.1. The molecule has 0 spiro atoms. The maximum Gasteiger partial charge on any atom is 0.125 e. The Balaban J connectivity index is 2.61. The first-order valence-electron chi connectivity index (χ1n) is 6.92. The predicted octanol–water partition coefficient (Wildman–Crippen LogP) is 3.93. The molecule has 0 heterocycles. The quantitative estimate of drug-likeness (QED) is 0.696. The Morgan fingerprint density at radius 1 is 1.26 bits per heavy atom. The summed E-state index contributed by atoms with van der Waals surface area (Å²) in [5.41, 5.74) is 1.20. The molecule has 0 bridgehead atoms. The maximum atomic E-state index is 5.88. The van der Waals surface area contributed by atoms with Crippen molar-refractivity contribution in [3.63, 3.8) is 0 Å². The van der Waals surface area contributed by atoms with Gasteiger partial charge in [-0.05, 0) is 32.5 Å². The molecule has 0 radical (unpaired) electrons. The van der Waals surface area contributed by atoms with E-state index >= 15 is 0 Å². The summed E-state index contributed by atoms with van der Waals surface area (Å²) >= 11 is 3.49. The van der Waals surface area contributed by atoms with Crippen LogP contribution in [0.25, 0.3) is 0 Å². The molecule has 1 rings (SSSR count). The number of hydrogen-bond donors (Lipinski definition) is 1. The largest absolute Gasteiger partial charge is 0.493 e. The van der Waals surface area contributed by atoms with E-state index in [2.05, 4.69) is 47.2 Å². The molecular weight excluding hydrogens is 306 g/mol. The number of rotatable bonds is 9. The van der Waals surface area contributed by atoms with Gasteiger partial charge < -0.3 is 14.8 Å². The second kappa shape index (κ2) is 9.34. The van der Waals surface area contributed by atoms with Crippen LogP contribution in [-0.2, 0) is 4.74 Å². The van der Waals surface area contributed by atoms with Crippen molar-refractivity contribution in [2.75, 3.05) is 26.4 Å². The zero-order valence-corrected chi connectivity index (χ0v) is 13.6. The third-order valence-electron chi connectivity index (χ3n) is 2.85. The van der Waals surface area contributed by atoms with E-state index in [0.29, 0.717) is 12.6 Å². The van der Waals surface area contributed by atoms with Gasteiger partial charge in [-0.2, -0.15) is 0 Å². The predicted molar refractivity (Wildman–Crippen MR) is 82.8 cm³/mol. The SMILES string of the molecule is CCNC(C)c1ccc(Br)cc1OCCCOCC. The zero-order valence-electron chi connectivity index (χ0n) is 12.0. The molecule has 1 unspecified atom stereocenters. The standard InChI is InChI=1S/C15H24BrNO2/c1-4-17-12(3)14-8-7-13(16)11-15(14)19-10-6-9-18-5-2/h7-8,11-12,17H,4-6,9-10H2,1-3H3. The summed E-state index contributed by atoms with van der Waals surface area (Å²) in [6, 6.07) is 6.48. The molecule has 0 saturated heterocycles. The van der Waals surface area contributed by atoms with Crippen LogP contribution < -0.4 is 10.1 Å². The van der Waals surface area contributed by atoms with Crippen molar-refractivity contribution in [1.29, 1.82) is 0 Å². The summed E-state index contributed by atoms with van der Waals surface area (Å²) in [6.45, 7) is 9.41. The van der Waals surface area contributed by atoms with E-state index < -0.39 is 0 Å². The zero-order chi connectivity index (χ0) is 14.1. The third kappa shape index (κ3) is 5.93. The van der Waals surface area contributed by atoms with Gasteiger partial charge in [0.05, 0.1) is 6.61 Å². The minimum atomic E-state index is 0.292. The molecule has 1 atom stereocenters. The Morgan fingerprint density at radius 2 is 2.05 bits per heavy atom. The van der Waals surface area contributed by atoms with Crippen LogP contribution in [0.3, 0.4) is 0 Å². The topological polar surface area (TPSA) is 30.5 Å². The normalized spacial score (nSPS) is 12.4. The highest BCUT2D eigenvalue weighted by molar-refractivity contribution is 9.10. The summed E-state index contributed by atoms with van der Waals surface area (Å²) < 4.78 is 12.2. The minimum Gasteiger partial charge on any atom is -0.493 e. The smallest absolute Gasteiger partial charge is 0.125 e. The third-order valence-corrected chi connectivity index (χ3v) is 3.34. The molecule has 4 heteroatoms. The fraction of sp³-hybridized carbons (Fsp3) is 0.600. The van der Waals surface area contributed by atoms with E-state index in [-0.39, 0.29) is 0 Å². The Morgan fingerprint density at radius 3 is 2.74 bits per heavy atom. The average molecular weight is 330 g/mol. The van der Waals surface area contributed by atoms with Crippen molar-refractivity contribution in [3.8, 4) is 5.75 Å². The van der Waals surface area contributed by atoms with Gasteiger partial charge in [0.25, 0.3) is 0 Å². The van der Waals surface area contributed by atoms with Gasteiger partial charge in [-0.15, -0.1) is 0 Å². The summed E-state index contributed by atoms with van der Waals surface area (Å²) in [7, 11) is 0. The van der Waals surface area contributed by atoms with Crippen LogP contribution in [0.15, 0.2) is 22.7 Å². The fourth-order valence-electron chi connectivity index (χ4n) is 1.89. The molecule has 0 aliphatic carbocycles. The van der Waals surface area contributed by atoms with Crippen LogP contribution in [0.2, 0.25) is 0 Å². The van der Waals surface area contributed by atoms with E-state index in [1.807, 2.05) is 13.0 Å². The molecule has 3 nitrogen and oxygen atoms in total. The van der Waals surface area contributed by atoms with E-state index in [0.717, 1.165) is 36.4 Å². The first kappa shape index (κ1) is 16.5. The van der Waals surface area contributed by atoms with Crippen molar-refractivity contribution in [3.05, 3.63) is 28.2 Å². The lowest BCUT2D eigenvalue weighted by molar-refractivity contribution is 0.130. The van der Waals surface area contributed by atoms with Gasteiger partial charge in [-0.3, -0.25) is 0 Å². The molecule has 108 valence electrons. The molecule has 1 aromatic carbocycles. The summed E-state index contributed by atoms with van der Waals surface area (Å²) in [5, 5.41) is 3.41. The Hall–Kier alpha value is -0.580. The van der Waals surface area contributed by atoms with Crippen molar-refractivity contribution in [1.82, 2.24) is 5.32 Å². The molecule has 0 aromatic heterocycles. The first-order chi connectivity index (χ1) is 9.19. The Bertz CT molecular complexity index is 371. The monoisotopic (exact) mass is 329 g/mol. The number of benzene rings is 1. The van der Waals surface area contributed by atoms with Crippen molar-refractivity contribution >= 4 is 15.9 Å². The van der Waals surface area contributed by atoms with Crippen LogP contribution in [0.5, 0.6) is 5.75 Å². The van der Waals surface area contributed by atoms with Gasteiger partial charge in [0.15, 0.2) is 0 Å². The van der Waals surface area contributed by atoms with Crippen molar-refractivity contribution in [2.24, 2.45) is 0 Å². The maximum absolute atomic E-state index is 5.88. The average Bonchev–Trinajstić information content (AvgIpc) is 2.39. The summed E-state index contributed by atoms with van der Waals surface area (Å²) in [5.74, 6) is 0.944. The van der Waals surface area contributed by atoms with E-state index in [4.69, 9.17) is 9.47 Å². The second-order valence-electron chi connectivity index (χ2n) is 4.36. The summed E-state index contributed by atoms with van der Waals surface area (Å²) in [6.07, 6.45) is 0.912. The molecule has 1 N–H and O–H groups in total. The molecule has 0 amide bonds. The number of hydrogen-bond acceptors (Lipinski definition) is 3. The molecule has 0 saturated carbocycles. The van der Waals surface area contributed by atoms with Crippen molar-refractivity contribution in [2.45, 2.75) is 33.2 Å². The van der Waals surface area contributed by atoms with E-state index in [1.165, 1.54) is 5.56 Å². The van der Waals surface area contributed by atoms with Crippen LogP contribution in [-0.4, -0.2) is 26.4 Å². The van der Waals surface area contributed by atoms with E-state index in [1.54, 1.807) is 0 Å². The van der Waals surface area contributed by atoms with Crippen LogP contribution >= 0.6 is 15.9 Å². The molecule has 0 fully saturated rings. The number of nitrogens with one attached hydrogen (secondary N) is 1. The molecule has 1 aromatic rings. The Kier molecular flexibility index (Phi) is 8.10. The van der Waals surface area contributed by atoms with Crippen LogP contribution in [0.4, 0.5) is 0 Å². The lowest BCUT2D eigenvalue weighted by Crippen LogP contribution is -2.18. The molecular formula is C15H24BrNO2. The highest BCUT2D eigenvalue weighted by Gasteiger charge is 2.11. The second-order valence-corrected chi connectivity index (χ2v) is 5.28. The lowest BCUT2D eigenvalue weighted by Gasteiger charge is -2.18. The number of halogens is 1. The Labute approximate surface area is 124 Å². The van der Waals surface area contributed by atoms with Crippen LogP contribution in [0.1, 0.15) is 38.8 Å². The van der Waals surface area contributed by atoms with Gasteiger partial charge in [0, 0.05) is 35.7 Å². The van der Waals surface area contributed by atoms with Gasteiger partial charge in [-0.25, -0.2) is 0 Å². The fourth-order valence-corrected chi connectivity index (χ4v) is 2.23. The number of ether oxygens (including phenoxy) is 2. The van der Waals surface area contributed by atoms with Crippen molar-refractivity contribution < 1.29 is 9.47 Å². The minimum absolute atomic E-state index is 0.292. The summed E-state index contributed by atoms with van der Waals surface area (Å²) in [4.78, 5) is 0. The van der Waals surface area contributed by atoms with Gasteiger partial charge in [-0.1, -0.05) is 28.9 Å². The molecule has 19 heavy (non-hydrogen) atoms. The van der Waals surface area contributed by atoms with E-state index in [9.17, 15) is 0 Å². The van der Waals surface area contributed by atoms with Gasteiger partial charge in [0.1, 0.15) is 5.75 Å². The van der Waals surface area contributed by atoms with Gasteiger partial charge in [0.2, 0.25) is 0 Å². The highest BCUT2D eigenvalue weighted by atomic mass is 79.9. The van der Waals surface area contributed by atoms with Crippen LogP contribution in [0, 0.1) is 0 Å². The molecule has 0 aliphatic heterocycles. The first-order valence-corrected chi connectivity index (χ1v) is 7.71. The highest BCUT2D eigenvalue weighted by Crippen LogP contribution is 2.28. The van der Waals surface area contributed by atoms with Gasteiger partial charge >= 0.3 is 0 Å².